The lowest BCUT2D eigenvalue weighted by molar-refractivity contribution is -0.120. The molecule has 2 N–H and O–H groups in total. The van der Waals surface area contributed by atoms with Crippen LogP contribution in [0.15, 0.2) is 33.9 Å². The summed E-state index contributed by atoms with van der Waals surface area (Å²) in [6.45, 7) is 4.23. The molecule has 0 saturated carbocycles. The highest BCUT2D eigenvalue weighted by molar-refractivity contribution is 9.11. The third kappa shape index (κ3) is 5.35. The molecule has 0 saturated heterocycles. The molecule has 1 aromatic rings. The predicted molar refractivity (Wildman–Crippen MR) is 66.7 cm³/mol. The van der Waals surface area contributed by atoms with Crippen molar-refractivity contribution >= 4 is 27.7 Å². The topological polar surface area (TPSA) is 71.3 Å². The van der Waals surface area contributed by atoms with Gasteiger partial charge >= 0.3 is 0 Å². The summed E-state index contributed by atoms with van der Waals surface area (Å²) in [6, 6.07) is 3.19. The smallest absolute Gasteiger partial charge is 0.286 e. The first kappa shape index (κ1) is 13.5. The Hall–Kier alpha value is -1.56. The monoisotopic (exact) mass is 300 g/mol. The van der Waals surface area contributed by atoms with E-state index in [1.165, 1.54) is 6.26 Å². The van der Waals surface area contributed by atoms with Gasteiger partial charge in [-0.2, -0.15) is 0 Å². The molecule has 1 aromatic heterocycles. The van der Waals surface area contributed by atoms with Crippen LogP contribution in [0, 0.1) is 0 Å². The predicted octanol–water partition coefficient (Wildman–Crippen LogP) is 1.42. The second-order valence-corrected chi connectivity index (χ2v) is 4.40. The molecular weight excluding hydrogens is 288 g/mol. The number of rotatable bonds is 6. The summed E-state index contributed by atoms with van der Waals surface area (Å²) in [4.78, 5) is 22.7. The van der Waals surface area contributed by atoms with Crippen molar-refractivity contribution in [3.05, 3.63) is 35.2 Å². The van der Waals surface area contributed by atoms with Crippen LogP contribution in [0.4, 0.5) is 0 Å². The Kier molecular flexibility index (Phi) is 5.48. The molecular formula is C11H13BrN2O3. The fraction of sp³-hybridized carbons (Fsp3) is 0.273. The Bertz CT molecular complexity index is 401. The minimum atomic E-state index is -0.326. The maximum absolute atomic E-state index is 11.4. The molecule has 0 aromatic carbocycles. The van der Waals surface area contributed by atoms with E-state index in [1.54, 1.807) is 12.1 Å². The quantitative estimate of drug-likeness (QED) is 0.835. The second kappa shape index (κ2) is 6.90. The van der Waals surface area contributed by atoms with Gasteiger partial charge in [0.2, 0.25) is 5.91 Å². The van der Waals surface area contributed by atoms with Crippen LogP contribution >= 0.6 is 15.9 Å². The van der Waals surface area contributed by atoms with Crippen LogP contribution in [0.2, 0.25) is 0 Å². The minimum absolute atomic E-state index is 0.148. The maximum atomic E-state index is 11.4. The van der Waals surface area contributed by atoms with Gasteiger partial charge in [-0.1, -0.05) is 22.5 Å². The summed E-state index contributed by atoms with van der Waals surface area (Å²) < 4.78 is 5.60. The molecule has 2 amide bonds. The molecule has 6 heteroatoms. The van der Waals surface area contributed by atoms with Crippen LogP contribution in [0.1, 0.15) is 17.0 Å². The van der Waals surface area contributed by atoms with E-state index < -0.39 is 0 Å². The Labute approximate surface area is 107 Å². The van der Waals surface area contributed by atoms with Crippen molar-refractivity contribution in [1.29, 1.82) is 0 Å². The lowest BCUT2D eigenvalue weighted by Gasteiger charge is -2.04. The fourth-order valence-corrected chi connectivity index (χ4v) is 1.21. The number of nitrogens with one attached hydrogen (secondary N) is 2. The molecule has 5 nitrogen and oxygen atoms in total. The van der Waals surface area contributed by atoms with Gasteiger partial charge in [0.25, 0.3) is 5.91 Å². The molecule has 0 unspecified atom stereocenters. The molecule has 0 bridgehead atoms. The van der Waals surface area contributed by atoms with E-state index in [0.717, 1.165) is 0 Å². The molecule has 0 spiro atoms. The van der Waals surface area contributed by atoms with E-state index >= 15 is 0 Å². The third-order valence-electron chi connectivity index (χ3n) is 1.86. The zero-order valence-corrected chi connectivity index (χ0v) is 10.7. The van der Waals surface area contributed by atoms with Crippen LogP contribution in [0.5, 0.6) is 0 Å². The van der Waals surface area contributed by atoms with Gasteiger partial charge < -0.3 is 15.1 Å². The van der Waals surface area contributed by atoms with Gasteiger partial charge in [0.05, 0.1) is 6.26 Å². The summed E-state index contributed by atoms with van der Waals surface area (Å²) >= 11 is 3.13. The Morgan fingerprint density at radius 2 is 2.18 bits per heavy atom. The summed E-state index contributed by atoms with van der Waals surface area (Å²) in [5.74, 6) is -0.239. The summed E-state index contributed by atoms with van der Waals surface area (Å²) in [7, 11) is 0. The highest BCUT2D eigenvalue weighted by atomic mass is 79.9. The van der Waals surface area contributed by atoms with Crippen LogP contribution in [-0.4, -0.2) is 24.9 Å². The number of halogens is 1. The molecule has 17 heavy (non-hydrogen) atoms. The van der Waals surface area contributed by atoms with E-state index in [0.29, 0.717) is 11.0 Å². The molecule has 0 aliphatic rings. The van der Waals surface area contributed by atoms with Crippen molar-refractivity contribution in [3.63, 3.8) is 0 Å². The lowest BCUT2D eigenvalue weighted by Crippen LogP contribution is -2.31. The van der Waals surface area contributed by atoms with Crippen LogP contribution < -0.4 is 10.6 Å². The van der Waals surface area contributed by atoms with Crippen molar-refractivity contribution in [2.75, 3.05) is 13.1 Å². The van der Waals surface area contributed by atoms with Gasteiger partial charge in [-0.25, -0.2) is 0 Å². The first-order valence-electron chi connectivity index (χ1n) is 5.01. The molecule has 0 fully saturated rings. The molecule has 0 atom stereocenters. The van der Waals surface area contributed by atoms with Gasteiger partial charge in [0.15, 0.2) is 5.76 Å². The Morgan fingerprint density at radius 3 is 2.76 bits per heavy atom. The maximum Gasteiger partial charge on any atom is 0.286 e. The van der Waals surface area contributed by atoms with Crippen molar-refractivity contribution in [3.8, 4) is 0 Å². The average molecular weight is 301 g/mol. The molecule has 0 aliphatic carbocycles. The van der Waals surface area contributed by atoms with Crippen molar-refractivity contribution in [1.82, 2.24) is 10.6 Å². The van der Waals surface area contributed by atoms with E-state index in [2.05, 4.69) is 33.1 Å². The fourth-order valence-electron chi connectivity index (χ4n) is 1.07. The van der Waals surface area contributed by atoms with Gasteiger partial charge in [-0.3, -0.25) is 9.59 Å². The summed E-state index contributed by atoms with van der Waals surface area (Å²) in [5, 5.41) is 5.21. The van der Waals surface area contributed by atoms with Gasteiger partial charge in [0, 0.05) is 24.0 Å². The molecule has 1 heterocycles. The number of carbonyl (C=O) groups is 2. The van der Waals surface area contributed by atoms with Crippen LogP contribution in [0.3, 0.4) is 0 Å². The minimum Gasteiger partial charge on any atom is -0.459 e. The zero-order chi connectivity index (χ0) is 12.7. The molecule has 1 rings (SSSR count). The number of hydrogen-bond donors (Lipinski definition) is 2. The van der Waals surface area contributed by atoms with Gasteiger partial charge in [-0.15, -0.1) is 0 Å². The zero-order valence-electron chi connectivity index (χ0n) is 9.16. The highest BCUT2D eigenvalue weighted by Gasteiger charge is 2.08. The van der Waals surface area contributed by atoms with Crippen molar-refractivity contribution in [2.24, 2.45) is 0 Å². The molecule has 0 radical (unpaired) electrons. The second-order valence-electron chi connectivity index (χ2n) is 3.28. The first-order chi connectivity index (χ1) is 8.09. The van der Waals surface area contributed by atoms with Gasteiger partial charge in [-0.05, 0) is 12.1 Å². The number of carbonyl (C=O) groups excluding carboxylic acids is 2. The molecule has 92 valence electrons. The standard InChI is InChI=1S/C11H13BrN2O3/c1-8(12)7-14-10(15)4-5-13-11(16)9-3-2-6-17-9/h2-3,6H,1,4-5,7H2,(H,13,16)(H,14,15). The van der Waals surface area contributed by atoms with E-state index in [-0.39, 0.29) is 30.5 Å². The summed E-state index contributed by atoms with van der Waals surface area (Å²) in [6.07, 6.45) is 1.63. The number of hydrogen-bond acceptors (Lipinski definition) is 3. The first-order valence-corrected chi connectivity index (χ1v) is 5.80. The van der Waals surface area contributed by atoms with Crippen molar-refractivity contribution in [2.45, 2.75) is 6.42 Å². The largest absolute Gasteiger partial charge is 0.459 e. The number of amides is 2. The lowest BCUT2D eigenvalue weighted by atomic mass is 10.3. The van der Waals surface area contributed by atoms with E-state index in [4.69, 9.17) is 4.42 Å². The van der Waals surface area contributed by atoms with E-state index in [9.17, 15) is 9.59 Å². The third-order valence-corrected chi connectivity index (χ3v) is 2.14. The molecule has 0 aliphatic heterocycles. The van der Waals surface area contributed by atoms with Crippen LogP contribution in [-0.2, 0) is 4.79 Å². The highest BCUT2D eigenvalue weighted by Crippen LogP contribution is 1.99. The van der Waals surface area contributed by atoms with Crippen molar-refractivity contribution < 1.29 is 14.0 Å². The average Bonchev–Trinajstić information content (AvgIpc) is 2.79. The Morgan fingerprint density at radius 1 is 1.41 bits per heavy atom. The Balaban J connectivity index is 2.17. The van der Waals surface area contributed by atoms with E-state index in [1.807, 2.05) is 0 Å². The van der Waals surface area contributed by atoms with Crippen LogP contribution in [0.25, 0.3) is 0 Å². The van der Waals surface area contributed by atoms with Gasteiger partial charge in [0.1, 0.15) is 0 Å². The normalized spacial score (nSPS) is 9.71. The number of furan rings is 1. The SMILES string of the molecule is C=C(Br)CNC(=O)CCNC(=O)c1ccco1. The summed E-state index contributed by atoms with van der Waals surface area (Å²) in [5.41, 5.74) is 0.